The van der Waals surface area contributed by atoms with E-state index in [1.807, 2.05) is 49.0 Å². The lowest BCUT2D eigenvalue weighted by atomic mass is 10.2. The summed E-state index contributed by atoms with van der Waals surface area (Å²) in [6.07, 6.45) is 1.66. The lowest BCUT2D eigenvalue weighted by Crippen LogP contribution is -2.25. The molecule has 1 N–H and O–H groups in total. The van der Waals surface area contributed by atoms with E-state index in [9.17, 15) is 4.79 Å². The highest BCUT2D eigenvalue weighted by Crippen LogP contribution is 2.34. The third-order valence-electron chi connectivity index (χ3n) is 4.29. The van der Waals surface area contributed by atoms with Crippen molar-refractivity contribution >= 4 is 32.9 Å². The zero-order valence-electron chi connectivity index (χ0n) is 13.9. The van der Waals surface area contributed by atoms with Crippen LogP contribution in [-0.2, 0) is 6.54 Å². The molecule has 0 radical (unpaired) electrons. The highest BCUT2D eigenvalue weighted by Gasteiger charge is 2.19. The fraction of sp³-hybridized carbons (Fsp3) is 0.222. The first-order chi connectivity index (χ1) is 12.1. The van der Waals surface area contributed by atoms with Gasteiger partial charge < -0.3 is 9.40 Å². The molecule has 4 rings (SSSR count). The number of rotatable bonds is 5. The van der Waals surface area contributed by atoms with Crippen LogP contribution >= 0.6 is 22.7 Å². The van der Waals surface area contributed by atoms with Gasteiger partial charge in [-0.1, -0.05) is 6.07 Å². The number of aromatic amines is 1. The van der Waals surface area contributed by atoms with E-state index in [2.05, 4.69) is 9.88 Å². The van der Waals surface area contributed by atoms with Gasteiger partial charge in [0.25, 0.3) is 5.56 Å². The Kier molecular flexibility index (Phi) is 4.29. The van der Waals surface area contributed by atoms with E-state index in [-0.39, 0.29) is 11.6 Å². The van der Waals surface area contributed by atoms with Crippen molar-refractivity contribution in [2.45, 2.75) is 19.5 Å². The maximum absolute atomic E-state index is 12.7. The van der Waals surface area contributed by atoms with Crippen LogP contribution in [0.5, 0.6) is 0 Å². The molecule has 0 bridgehead atoms. The second-order valence-electron chi connectivity index (χ2n) is 5.93. The fourth-order valence-electron chi connectivity index (χ4n) is 2.77. The topological polar surface area (TPSA) is 62.1 Å². The molecule has 0 spiro atoms. The summed E-state index contributed by atoms with van der Waals surface area (Å²) in [5.41, 5.74) is 0.884. The van der Waals surface area contributed by atoms with Crippen LogP contribution in [0.25, 0.3) is 20.7 Å². The number of nitrogens with one attached hydrogen (secondary N) is 1. The Bertz CT molecular complexity index is 1030. The summed E-state index contributed by atoms with van der Waals surface area (Å²) in [6.45, 7) is 2.68. The summed E-state index contributed by atoms with van der Waals surface area (Å²) in [6, 6.07) is 7.80. The van der Waals surface area contributed by atoms with Crippen molar-refractivity contribution in [2.24, 2.45) is 0 Å². The molecule has 0 unspecified atom stereocenters. The summed E-state index contributed by atoms with van der Waals surface area (Å²) in [7, 11) is 1.99. The van der Waals surface area contributed by atoms with E-state index in [1.165, 1.54) is 11.3 Å². The number of hydrogen-bond donors (Lipinski definition) is 1. The standard InChI is InChI=1S/C18H17N3O2S2/c1-11(21(2)9-12-5-3-7-23-12)16-19-17(22)15-13(10-25-18(15)20-16)14-6-4-8-24-14/h3-8,10-11H,9H2,1-2H3,(H,19,20,22)/t11-/m1/s1. The van der Waals surface area contributed by atoms with E-state index >= 15 is 0 Å². The van der Waals surface area contributed by atoms with Crippen molar-refractivity contribution in [1.82, 2.24) is 14.9 Å². The number of furan rings is 1. The third-order valence-corrected chi connectivity index (χ3v) is 6.07. The van der Waals surface area contributed by atoms with Gasteiger partial charge in [0.2, 0.25) is 0 Å². The average molecular weight is 371 g/mol. The number of H-pyrrole nitrogens is 1. The smallest absolute Gasteiger partial charge is 0.260 e. The second kappa shape index (κ2) is 6.59. The minimum Gasteiger partial charge on any atom is -0.468 e. The molecule has 0 amide bonds. The van der Waals surface area contributed by atoms with Gasteiger partial charge in [-0.2, -0.15) is 0 Å². The summed E-state index contributed by atoms with van der Waals surface area (Å²) < 4.78 is 5.40. The molecule has 7 heteroatoms. The number of hydrogen-bond acceptors (Lipinski definition) is 6. The first-order valence-electron chi connectivity index (χ1n) is 7.91. The minimum atomic E-state index is -0.0806. The molecule has 4 heterocycles. The summed E-state index contributed by atoms with van der Waals surface area (Å²) in [5.74, 6) is 1.56. The quantitative estimate of drug-likeness (QED) is 0.561. The summed E-state index contributed by atoms with van der Waals surface area (Å²) in [4.78, 5) is 24.3. The molecule has 0 fully saturated rings. The van der Waals surface area contributed by atoms with Gasteiger partial charge in [0.1, 0.15) is 16.4 Å². The minimum absolute atomic E-state index is 0.0329. The van der Waals surface area contributed by atoms with Gasteiger partial charge in [-0.3, -0.25) is 9.69 Å². The van der Waals surface area contributed by atoms with Gasteiger partial charge in [-0.05, 0) is 37.6 Å². The number of aromatic nitrogens is 2. The van der Waals surface area contributed by atoms with Crippen molar-refractivity contribution in [3.63, 3.8) is 0 Å². The fourth-order valence-corrected chi connectivity index (χ4v) is 4.54. The first kappa shape index (κ1) is 16.3. The Morgan fingerprint density at radius 2 is 2.20 bits per heavy atom. The predicted molar refractivity (Wildman–Crippen MR) is 102 cm³/mol. The molecule has 0 aromatic carbocycles. The predicted octanol–water partition coefficient (Wildman–Crippen LogP) is 4.50. The highest BCUT2D eigenvalue weighted by molar-refractivity contribution is 7.18. The van der Waals surface area contributed by atoms with Crippen molar-refractivity contribution in [2.75, 3.05) is 7.05 Å². The molecule has 0 saturated heterocycles. The highest BCUT2D eigenvalue weighted by atomic mass is 32.1. The third kappa shape index (κ3) is 3.06. The van der Waals surface area contributed by atoms with Crippen molar-refractivity contribution in [1.29, 1.82) is 0 Å². The van der Waals surface area contributed by atoms with Crippen molar-refractivity contribution in [3.05, 3.63) is 63.2 Å². The van der Waals surface area contributed by atoms with Gasteiger partial charge in [-0.25, -0.2) is 4.98 Å². The second-order valence-corrected chi connectivity index (χ2v) is 7.73. The van der Waals surface area contributed by atoms with Gasteiger partial charge in [0.05, 0.1) is 24.2 Å². The van der Waals surface area contributed by atoms with Crippen molar-refractivity contribution < 1.29 is 4.42 Å². The molecule has 0 saturated carbocycles. The maximum Gasteiger partial charge on any atom is 0.260 e. The monoisotopic (exact) mass is 371 g/mol. The van der Waals surface area contributed by atoms with Crippen LogP contribution in [0.4, 0.5) is 0 Å². The Labute approximate surface area is 152 Å². The number of fused-ring (bicyclic) bond motifs is 1. The molecule has 25 heavy (non-hydrogen) atoms. The Morgan fingerprint density at radius 1 is 1.32 bits per heavy atom. The molecular formula is C18H17N3O2S2. The Morgan fingerprint density at radius 3 is 2.92 bits per heavy atom. The van der Waals surface area contributed by atoms with Crippen LogP contribution in [0.2, 0.25) is 0 Å². The largest absolute Gasteiger partial charge is 0.468 e. The molecule has 5 nitrogen and oxygen atoms in total. The molecule has 4 aromatic rings. The van der Waals surface area contributed by atoms with Crippen LogP contribution in [-0.4, -0.2) is 21.9 Å². The molecule has 128 valence electrons. The van der Waals surface area contributed by atoms with Gasteiger partial charge in [0, 0.05) is 15.8 Å². The van der Waals surface area contributed by atoms with Crippen LogP contribution in [0.3, 0.4) is 0 Å². The van der Waals surface area contributed by atoms with Gasteiger partial charge >= 0.3 is 0 Å². The first-order valence-corrected chi connectivity index (χ1v) is 9.67. The Balaban J connectivity index is 1.68. The van der Waals surface area contributed by atoms with Gasteiger partial charge in [-0.15, -0.1) is 22.7 Å². The molecular weight excluding hydrogens is 354 g/mol. The maximum atomic E-state index is 12.7. The van der Waals surface area contributed by atoms with E-state index in [1.54, 1.807) is 17.6 Å². The van der Waals surface area contributed by atoms with E-state index in [0.717, 1.165) is 21.0 Å². The molecule has 0 aliphatic heterocycles. The van der Waals surface area contributed by atoms with Crippen LogP contribution < -0.4 is 5.56 Å². The number of nitrogens with zero attached hydrogens (tertiary/aromatic N) is 2. The summed E-state index contributed by atoms with van der Waals surface area (Å²) >= 11 is 3.14. The van der Waals surface area contributed by atoms with E-state index in [4.69, 9.17) is 9.40 Å². The molecule has 4 aromatic heterocycles. The average Bonchev–Trinajstić information content (AvgIpc) is 3.34. The zero-order chi connectivity index (χ0) is 17.4. The van der Waals surface area contributed by atoms with Crippen LogP contribution in [0, 0.1) is 0 Å². The van der Waals surface area contributed by atoms with Crippen LogP contribution in [0.1, 0.15) is 24.6 Å². The zero-order valence-corrected chi connectivity index (χ0v) is 15.5. The lowest BCUT2D eigenvalue weighted by Gasteiger charge is -2.22. The van der Waals surface area contributed by atoms with Crippen LogP contribution in [0.15, 0.2) is 50.5 Å². The summed E-state index contributed by atoms with van der Waals surface area (Å²) in [5, 5.41) is 4.71. The van der Waals surface area contributed by atoms with Gasteiger partial charge in [0.15, 0.2) is 0 Å². The molecule has 1 atom stereocenters. The normalized spacial score (nSPS) is 12.9. The number of thiophene rings is 2. The Hall–Kier alpha value is -2.22. The van der Waals surface area contributed by atoms with E-state index in [0.29, 0.717) is 17.8 Å². The molecule has 0 aliphatic rings. The van der Waals surface area contributed by atoms with Crippen molar-refractivity contribution in [3.8, 4) is 10.4 Å². The molecule has 0 aliphatic carbocycles. The lowest BCUT2D eigenvalue weighted by molar-refractivity contribution is 0.224. The van der Waals surface area contributed by atoms with E-state index < -0.39 is 0 Å². The SMILES string of the molecule is C[C@H](c1nc2scc(-c3cccs3)c2c(=O)[nH]1)N(C)Cc1ccco1.